The van der Waals surface area contributed by atoms with E-state index in [0.717, 1.165) is 25.7 Å². The third kappa shape index (κ3) is 4.28. The van der Waals surface area contributed by atoms with Crippen LogP contribution in [0, 0.1) is 5.92 Å². The minimum atomic E-state index is -0.219. The zero-order valence-corrected chi connectivity index (χ0v) is 12.2. The first kappa shape index (κ1) is 14.9. The van der Waals surface area contributed by atoms with Crippen molar-refractivity contribution in [2.45, 2.75) is 38.7 Å². The minimum Gasteiger partial charge on any atom is -0.393 e. The molecule has 0 aromatic carbocycles. The molecule has 1 aliphatic carbocycles. The Labute approximate surface area is 121 Å². The number of hydrogen-bond acceptors (Lipinski definition) is 5. The molecule has 7 heteroatoms. The largest absolute Gasteiger partial charge is 0.393 e. The van der Waals surface area contributed by atoms with Gasteiger partial charge in [0.1, 0.15) is 5.69 Å². The molecule has 1 aromatic rings. The maximum atomic E-state index is 11.9. The maximum Gasteiger partial charge on any atom is 0.270 e. The zero-order chi connectivity index (χ0) is 14.5. The summed E-state index contributed by atoms with van der Waals surface area (Å²) < 4.78 is 0. The quantitative estimate of drug-likeness (QED) is 0.783. The molecule has 0 spiro atoms. The molecule has 0 aliphatic heterocycles. The smallest absolute Gasteiger partial charge is 0.270 e. The number of nitrogens with zero attached hydrogens (tertiary/aromatic N) is 1. The van der Waals surface area contributed by atoms with Crippen molar-refractivity contribution in [2.75, 3.05) is 11.9 Å². The molecule has 110 valence electrons. The highest BCUT2D eigenvalue weighted by Crippen LogP contribution is 2.23. The Balaban J connectivity index is 1.79. The summed E-state index contributed by atoms with van der Waals surface area (Å²) in [6.07, 6.45) is 3.32. The summed E-state index contributed by atoms with van der Waals surface area (Å²) in [7, 11) is 0. The third-order valence-corrected chi connectivity index (χ3v) is 4.15. The van der Waals surface area contributed by atoms with E-state index >= 15 is 0 Å². The van der Waals surface area contributed by atoms with E-state index in [0.29, 0.717) is 23.3 Å². The number of thiazole rings is 1. The summed E-state index contributed by atoms with van der Waals surface area (Å²) in [5.74, 6) is 0.00634. The second-order valence-electron chi connectivity index (χ2n) is 5.10. The first-order chi connectivity index (χ1) is 9.54. The van der Waals surface area contributed by atoms with Crippen LogP contribution >= 0.6 is 11.3 Å². The lowest BCUT2D eigenvalue weighted by molar-refractivity contribution is -0.114. The summed E-state index contributed by atoms with van der Waals surface area (Å²) in [6.45, 7) is 2.01. The van der Waals surface area contributed by atoms with Crippen LogP contribution in [0.4, 0.5) is 5.13 Å². The third-order valence-electron chi connectivity index (χ3n) is 3.39. The van der Waals surface area contributed by atoms with Gasteiger partial charge in [0.25, 0.3) is 5.91 Å². The van der Waals surface area contributed by atoms with Crippen LogP contribution in [0.2, 0.25) is 0 Å². The van der Waals surface area contributed by atoms with E-state index in [2.05, 4.69) is 15.6 Å². The Hall–Kier alpha value is -1.47. The summed E-state index contributed by atoms with van der Waals surface area (Å²) in [6, 6.07) is 0. The molecular formula is C13H19N3O3S. The monoisotopic (exact) mass is 297 g/mol. The Kier molecular flexibility index (Phi) is 5.08. The number of aliphatic hydroxyl groups excluding tert-OH is 1. The Morgan fingerprint density at radius 1 is 1.40 bits per heavy atom. The minimum absolute atomic E-state index is 0.180. The number of aliphatic hydroxyl groups is 1. The number of carbonyl (C=O) groups is 2. The van der Waals surface area contributed by atoms with Crippen LogP contribution < -0.4 is 10.6 Å². The van der Waals surface area contributed by atoms with Crippen molar-refractivity contribution in [3.8, 4) is 0 Å². The van der Waals surface area contributed by atoms with Gasteiger partial charge in [0.05, 0.1) is 6.10 Å². The molecule has 20 heavy (non-hydrogen) atoms. The molecule has 3 N–H and O–H groups in total. The van der Waals surface area contributed by atoms with E-state index in [-0.39, 0.29) is 17.9 Å². The molecule has 0 atom stereocenters. The van der Waals surface area contributed by atoms with E-state index < -0.39 is 0 Å². The topological polar surface area (TPSA) is 91.3 Å². The van der Waals surface area contributed by atoms with Gasteiger partial charge < -0.3 is 15.7 Å². The normalized spacial score (nSPS) is 22.3. The van der Waals surface area contributed by atoms with Crippen molar-refractivity contribution in [3.63, 3.8) is 0 Å². The second kappa shape index (κ2) is 6.81. The zero-order valence-electron chi connectivity index (χ0n) is 11.4. The van der Waals surface area contributed by atoms with E-state index in [1.807, 2.05) is 0 Å². The molecule has 0 saturated heterocycles. The summed E-state index contributed by atoms with van der Waals surface area (Å²) >= 11 is 1.23. The van der Waals surface area contributed by atoms with Crippen LogP contribution in [0.5, 0.6) is 0 Å². The molecule has 0 unspecified atom stereocenters. The summed E-state index contributed by atoms with van der Waals surface area (Å²) in [4.78, 5) is 26.9. The standard InChI is InChI=1S/C13H19N3O3S/c1-8(17)15-13-16-11(7-20-13)12(19)14-6-9-2-4-10(18)5-3-9/h7,9-10,18H,2-6H2,1H3,(H,14,19)(H,15,16,17). The van der Waals surface area contributed by atoms with Crippen molar-refractivity contribution in [1.82, 2.24) is 10.3 Å². The molecule has 1 aliphatic rings. The van der Waals surface area contributed by atoms with Crippen LogP contribution in [0.1, 0.15) is 43.1 Å². The van der Waals surface area contributed by atoms with E-state index in [4.69, 9.17) is 0 Å². The Morgan fingerprint density at radius 3 is 2.75 bits per heavy atom. The van der Waals surface area contributed by atoms with Crippen molar-refractivity contribution < 1.29 is 14.7 Å². The molecule has 0 radical (unpaired) electrons. The van der Waals surface area contributed by atoms with Gasteiger partial charge in [0.2, 0.25) is 5.91 Å². The summed E-state index contributed by atoms with van der Waals surface area (Å²) in [5, 5.41) is 16.9. The SMILES string of the molecule is CC(=O)Nc1nc(C(=O)NCC2CCC(O)CC2)cs1. The number of amides is 2. The molecule has 1 saturated carbocycles. The molecule has 1 aromatic heterocycles. The number of rotatable bonds is 4. The van der Waals surface area contributed by atoms with Crippen molar-refractivity contribution in [1.29, 1.82) is 0 Å². The van der Waals surface area contributed by atoms with Gasteiger partial charge in [-0.3, -0.25) is 9.59 Å². The first-order valence-corrected chi connectivity index (χ1v) is 7.62. The van der Waals surface area contributed by atoms with E-state index in [1.165, 1.54) is 18.3 Å². The van der Waals surface area contributed by atoms with E-state index in [1.54, 1.807) is 5.38 Å². The number of carbonyl (C=O) groups excluding carboxylic acids is 2. The molecule has 6 nitrogen and oxygen atoms in total. The van der Waals surface area contributed by atoms with Gasteiger partial charge in [-0.2, -0.15) is 0 Å². The number of nitrogens with one attached hydrogen (secondary N) is 2. The average molecular weight is 297 g/mol. The molecule has 1 heterocycles. The Bertz CT molecular complexity index is 481. The highest BCUT2D eigenvalue weighted by atomic mass is 32.1. The highest BCUT2D eigenvalue weighted by Gasteiger charge is 2.20. The van der Waals surface area contributed by atoms with Gasteiger partial charge >= 0.3 is 0 Å². The molecule has 2 amide bonds. The van der Waals surface area contributed by atoms with Gasteiger partial charge in [0, 0.05) is 18.8 Å². The number of aromatic nitrogens is 1. The summed E-state index contributed by atoms with van der Waals surface area (Å²) in [5.41, 5.74) is 0.328. The highest BCUT2D eigenvalue weighted by molar-refractivity contribution is 7.14. The van der Waals surface area contributed by atoms with Gasteiger partial charge in [-0.1, -0.05) is 0 Å². The van der Waals surface area contributed by atoms with E-state index in [9.17, 15) is 14.7 Å². The van der Waals surface area contributed by atoms with Crippen LogP contribution in [0.25, 0.3) is 0 Å². The lowest BCUT2D eigenvalue weighted by atomic mass is 9.87. The second-order valence-corrected chi connectivity index (χ2v) is 5.96. The van der Waals surface area contributed by atoms with Gasteiger partial charge in [-0.05, 0) is 31.6 Å². The maximum absolute atomic E-state index is 11.9. The van der Waals surface area contributed by atoms with Gasteiger partial charge in [0.15, 0.2) is 5.13 Å². The Morgan fingerprint density at radius 2 is 2.10 bits per heavy atom. The fourth-order valence-corrected chi connectivity index (χ4v) is 3.00. The van der Waals surface area contributed by atoms with Crippen LogP contribution in [0.15, 0.2) is 5.38 Å². The lowest BCUT2D eigenvalue weighted by Crippen LogP contribution is -2.32. The first-order valence-electron chi connectivity index (χ1n) is 6.74. The molecule has 0 bridgehead atoms. The van der Waals surface area contributed by atoms with Gasteiger partial charge in [-0.15, -0.1) is 11.3 Å². The van der Waals surface area contributed by atoms with Crippen LogP contribution in [-0.4, -0.2) is 34.6 Å². The average Bonchev–Trinajstić information content (AvgIpc) is 2.85. The van der Waals surface area contributed by atoms with Crippen molar-refractivity contribution >= 4 is 28.3 Å². The van der Waals surface area contributed by atoms with Crippen molar-refractivity contribution in [2.24, 2.45) is 5.92 Å². The molecule has 1 fully saturated rings. The fraction of sp³-hybridized carbons (Fsp3) is 0.615. The molecule has 2 rings (SSSR count). The molecular weight excluding hydrogens is 278 g/mol. The van der Waals surface area contributed by atoms with Crippen LogP contribution in [0.3, 0.4) is 0 Å². The fourth-order valence-electron chi connectivity index (χ4n) is 2.26. The van der Waals surface area contributed by atoms with Gasteiger partial charge in [-0.25, -0.2) is 4.98 Å². The number of hydrogen-bond donors (Lipinski definition) is 3. The predicted molar refractivity (Wildman–Crippen MR) is 76.7 cm³/mol. The van der Waals surface area contributed by atoms with Crippen molar-refractivity contribution in [3.05, 3.63) is 11.1 Å². The predicted octanol–water partition coefficient (Wildman–Crippen LogP) is 1.38. The number of anilines is 1. The van der Waals surface area contributed by atoms with Crippen LogP contribution in [-0.2, 0) is 4.79 Å². The lowest BCUT2D eigenvalue weighted by Gasteiger charge is -2.25.